The molecule has 6 nitrogen and oxygen atoms in total. The van der Waals surface area contributed by atoms with Crippen molar-refractivity contribution in [1.29, 1.82) is 0 Å². The van der Waals surface area contributed by atoms with Gasteiger partial charge in [0.05, 0.1) is 6.10 Å². The molecular weight excluding hydrogens is 282 g/mol. The van der Waals surface area contributed by atoms with Gasteiger partial charge >= 0.3 is 0 Å². The van der Waals surface area contributed by atoms with Crippen LogP contribution in [0.5, 0.6) is 0 Å². The normalized spacial score (nSPS) is 25.4. The van der Waals surface area contributed by atoms with Crippen molar-refractivity contribution in [2.24, 2.45) is 5.92 Å². The molecule has 2 saturated heterocycles. The van der Waals surface area contributed by atoms with Crippen molar-refractivity contribution < 1.29 is 14.7 Å². The van der Waals surface area contributed by atoms with Gasteiger partial charge < -0.3 is 14.9 Å². The number of carbonyl (C=O) groups excluding carboxylic acids is 2. The van der Waals surface area contributed by atoms with Crippen LogP contribution in [0.4, 0.5) is 0 Å². The van der Waals surface area contributed by atoms with E-state index < -0.39 is 6.10 Å². The van der Waals surface area contributed by atoms with Crippen LogP contribution in [0.15, 0.2) is 0 Å². The summed E-state index contributed by atoms with van der Waals surface area (Å²) in [7, 11) is 0. The summed E-state index contributed by atoms with van der Waals surface area (Å²) in [5.41, 5.74) is 0. The molecule has 0 spiro atoms. The lowest BCUT2D eigenvalue weighted by atomic mass is 10.3. The molecule has 3 rings (SSSR count). The first-order chi connectivity index (χ1) is 10.6. The minimum Gasteiger partial charge on any atom is -0.390 e. The average molecular weight is 309 g/mol. The summed E-state index contributed by atoms with van der Waals surface area (Å²) < 4.78 is 0. The van der Waals surface area contributed by atoms with Crippen LogP contribution in [0, 0.1) is 5.92 Å². The van der Waals surface area contributed by atoms with Gasteiger partial charge in [0.25, 0.3) is 0 Å². The standard InChI is InChI=1S/C16H27N3O3/c20-14(12-19-7-1-3-15(19)21)11-17-6-2-8-18(10-9-17)16(22)13-4-5-13/h13-14,20H,1-12H2. The van der Waals surface area contributed by atoms with Gasteiger partial charge in [-0.3, -0.25) is 14.5 Å². The number of amides is 2. The van der Waals surface area contributed by atoms with Gasteiger partial charge in [-0.15, -0.1) is 0 Å². The molecule has 1 saturated carbocycles. The van der Waals surface area contributed by atoms with Crippen LogP contribution < -0.4 is 0 Å². The van der Waals surface area contributed by atoms with Gasteiger partial charge in [-0.05, 0) is 32.2 Å². The van der Waals surface area contributed by atoms with Crippen molar-refractivity contribution in [2.75, 3.05) is 45.8 Å². The number of hydrogen-bond donors (Lipinski definition) is 1. The predicted molar refractivity (Wildman–Crippen MR) is 82.2 cm³/mol. The van der Waals surface area contributed by atoms with E-state index in [2.05, 4.69) is 4.90 Å². The van der Waals surface area contributed by atoms with Gasteiger partial charge in [0, 0.05) is 51.6 Å². The molecule has 3 aliphatic rings. The Hall–Kier alpha value is -1.14. The zero-order valence-electron chi connectivity index (χ0n) is 13.2. The molecular formula is C16H27N3O3. The Balaban J connectivity index is 1.42. The van der Waals surface area contributed by atoms with E-state index in [1.165, 1.54) is 0 Å². The largest absolute Gasteiger partial charge is 0.390 e. The van der Waals surface area contributed by atoms with E-state index in [-0.39, 0.29) is 5.91 Å². The third-order valence-corrected chi connectivity index (χ3v) is 4.90. The lowest BCUT2D eigenvalue weighted by Crippen LogP contribution is -2.42. The molecule has 1 N–H and O–H groups in total. The average Bonchev–Trinajstić information content (AvgIpc) is 3.28. The third-order valence-electron chi connectivity index (χ3n) is 4.90. The number of β-amino-alcohol motifs (C(OH)–C–C–N with tert-alkyl or cyclic N) is 1. The van der Waals surface area contributed by atoms with Gasteiger partial charge in [0.1, 0.15) is 0 Å². The maximum absolute atomic E-state index is 12.1. The molecule has 3 fully saturated rings. The number of carbonyl (C=O) groups is 2. The minimum absolute atomic E-state index is 0.163. The van der Waals surface area contributed by atoms with Gasteiger partial charge in [0.2, 0.25) is 11.8 Å². The molecule has 2 heterocycles. The maximum atomic E-state index is 12.1. The van der Waals surface area contributed by atoms with Crippen LogP contribution in [0.1, 0.15) is 32.1 Å². The van der Waals surface area contributed by atoms with Gasteiger partial charge in [-0.25, -0.2) is 0 Å². The Bertz CT molecular complexity index is 425. The summed E-state index contributed by atoms with van der Waals surface area (Å²) in [5, 5.41) is 10.2. The van der Waals surface area contributed by atoms with Crippen molar-refractivity contribution in [3.63, 3.8) is 0 Å². The van der Waals surface area contributed by atoms with E-state index in [1.54, 1.807) is 4.90 Å². The Morgan fingerprint density at radius 2 is 1.91 bits per heavy atom. The second-order valence-corrected chi connectivity index (χ2v) is 6.85. The number of aliphatic hydroxyl groups is 1. The van der Waals surface area contributed by atoms with E-state index >= 15 is 0 Å². The molecule has 2 amide bonds. The predicted octanol–water partition coefficient (Wildman–Crippen LogP) is -0.0860. The van der Waals surface area contributed by atoms with Crippen LogP contribution in [-0.2, 0) is 9.59 Å². The second-order valence-electron chi connectivity index (χ2n) is 6.85. The summed E-state index contributed by atoms with van der Waals surface area (Å²) in [4.78, 5) is 29.7. The van der Waals surface area contributed by atoms with Crippen LogP contribution in [0.25, 0.3) is 0 Å². The van der Waals surface area contributed by atoms with Crippen molar-refractivity contribution in [3.05, 3.63) is 0 Å². The smallest absolute Gasteiger partial charge is 0.225 e. The topological polar surface area (TPSA) is 64.1 Å². The maximum Gasteiger partial charge on any atom is 0.225 e. The van der Waals surface area contributed by atoms with Crippen LogP contribution in [0.2, 0.25) is 0 Å². The zero-order chi connectivity index (χ0) is 15.5. The molecule has 22 heavy (non-hydrogen) atoms. The molecule has 0 aromatic heterocycles. The van der Waals surface area contributed by atoms with Crippen molar-refractivity contribution >= 4 is 11.8 Å². The molecule has 6 heteroatoms. The number of nitrogens with zero attached hydrogens (tertiary/aromatic N) is 3. The monoisotopic (exact) mass is 309 g/mol. The van der Waals surface area contributed by atoms with Crippen LogP contribution in [-0.4, -0.2) is 83.5 Å². The molecule has 0 aromatic carbocycles. The quantitative estimate of drug-likeness (QED) is 0.771. The molecule has 0 radical (unpaired) electrons. The van der Waals surface area contributed by atoms with E-state index in [9.17, 15) is 14.7 Å². The summed E-state index contributed by atoms with van der Waals surface area (Å²) in [6, 6.07) is 0. The fraction of sp³-hybridized carbons (Fsp3) is 0.875. The lowest BCUT2D eigenvalue weighted by Gasteiger charge is -2.26. The van der Waals surface area contributed by atoms with Crippen molar-refractivity contribution in [2.45, 2.75) is 38.2 Å². The lowest BCUT2D eigenvalue weighted by molar-refractivity contribution is -0.132. The van der Waals surface area contributed by atoms with Gasteiger partial charge in [-0.1, -0.05) is 0 Å². The summed E-state index contributed by atoms with van der Waals surface area (Å²) >= 11 is 0. The number of rotatable bonds is 5. The molecule has 1 unspecified atom stereocenters. The molecule has 2 aliphatic heterocycles. The van der Waals surface area contributed by atoms with E-state index in [0.717, 1.165) is 58.4 Å². The molecule has 1 atom stereocenters. The fourth-order valence-corrected chi connectivity index (χ4v) is 3.47. The molecule has 124 valence electrons. The van der Waals surface area contributed by atoms with Gasteiger partial charge in [0.15, 0.2) is 0 Å². The molecule has 0 bridgehead atoms. The zero-order valence-corrected chi connectivity index (χ0v) is 13.2. The Kier molecular flexibility index (Phi) is 4.98. The van der Waals surface area contributed by atoms with Crippen LogP contribution >= 0.6 is 0 Å². The number of hydrogen-bond acceptors (Lipinski definition) is 4. The third kappa shape index (κ3) is 3.98. The van der Waals surface area contributed by atoms with E-state index in [4.69, 9.17) is 0 Å². The van der Waals surface area contributed by atoms with E-state index in [1.807, 2.05) is 4.90 Å². The highest BCUT2D eigenvalue weighted by molar-refractivity contribution is 5.81. The van der Waals surface area contributed by atoms with E-state index in [0.29, 0.717) is 31.3 Å². The number of likely N-dealkylation sites (tertiary alicyclic amines) is 1. The first-order valence-electron chi connectivity index (χ1n) is 8.60. The highest BCUT2D eigenvalue weighted by Crippen LogP contribution is 2.31. The van der Waals surface area contributed by atoms with Gasteiger partial charge in [-0.2, -0.15) is 0 Å². The summed E-state index contributed by atoms with van der Waals surface area (Å²) in [5.74, 6) is 0.777. The summed E-state index contributed by atoms with van der Waals surface area (Å²) in [6.45, 7) is 5.16. The summed E-state index contributed by atoms with van der Waals surface area (Å²) in [6.07, 6.45) is 4.12. The van der Waals surface area contributed by atoms with Crippen molar-refractivity contribution in [1.82, 2.24) is 14.7 Å². The minimum atomic E-state index is -0.493. The van der Waals surface area contributed by atoms with Crippen LogP contribution in [0.3, 0.4) is 0 Å². The first kappa shape index (κ1) is 15.7. The first-order valence-corrected chi connectivity index (χ1v) is 8.60. The highest BCUT2D eigenvalue weighted by Gasteiger charge is 2.34. The second kappa shape index (κ2) is 6.96. The Labute approximate surface area is 132 Å². The Morgan fingerprint density at radius 3 is 2.59 bits per heavy atom. The van der Waals surface area contributed by atoms with Crippen molar-refractivity contribution in [3.8, 4) is 0 Å². The SMILES string of the molecule is O=C1CCCN1CC(O)CN1CCCN(C(=O)C2CC2)CC1. The number of aliphatic hydroxyl groups excluding tert-OH is 1. The molecule has 0 aromatic rings. The molecule has 1 aliphatic carbocycles. The highest BCUT2D eigenvalue weighted by atomic mass is 16.3. The Morgan fingerprint density at radius 1 is 1.09 bits per heavy atom. The fourth-order valence-electron chi connectivity index (χ4n) is 3.47.